The van der Waals surface area contributed by atoms with E-state index < -0.39 is 11.4 Å². The fraction of sp³-hybridized carbons (Fsp3) is 1.00. The normalized spacial score (nSPS) is 25.2. The molecule has 72 valence electrons. The summed E-state index contributed by atoms with van der Waals surface area (Å²) >= 11 is -0.758. The first kappa shape index (κ1) is 10.3. The molecule has 2 atom stereocenters. The van der Waals surface area contributed by atoms with E-state index >= 15 is 0 Å². The van der Waals surface area contributed by atoms with Crippen LogP contribution in [0.25, 0.3) is 0 Å². The van der Waals surface area contributed by atoms with Gasteiger partial charge in [-0.3, -0.25) is 0 Å². The third kappa shape index (κ3) is 2.62. The number of rotatable bonds is 3. The van der Waals surface area contributed by atoms with E-state index in [1.165, 1.54) is 0 Å². The Bertz CT molecular complexity index is 128. The van der Waals surface area contributed by atoms with Crippen LogP contribution in [0.3, 0.4) is 0 Å². The Balaban J connectivity index is 2.33. The average Bonchev–Trinajstić information content (AvgIpc) is 2.17. The summed E-state index contributed by atoms with van der Waals surface area (Å²) in [6, 6.07) is 0. The van der Waals surface area contributed by atoms with E-state index in [9.17, 15) is 4.55 Å². The van der Waals surface area contributed by atoms with E-state index in [1.807, 2.05) is 0 Å². The van der Waals surface area contributed by atoms with E-state index in [4.69, 9.17) is 0 Å². The number of hydrogen-bond donors (Lipinski definition) is 1. The highest BCUT2D eigenvalue weighted by atomic mass is 32.2. The number of hydrogen-bond acceptors (Lipinski definition) is 3. The topological polar surface area (TPSA) is 38.3 Å². The third-order valence-electron chi connectivity index (χ3n) is 2.25. The highest BCUT2D eigenvalue weighted by molar-refractivity contribution is 7.89. The molecule has 0 amide bonds. The molecule has 0 aliphatic carbocycles. The van der Waals surface area contributed by atoms with Crippen molar-refractivity contribution in [3.8, 4) is 0 Å². The van der Waals surface area contributed by atoms with Crippen molar-refractivity contribution in [1.29, 1.82) is 0 Å². The predicted octanol–water partition coefficient (Wildman–Crippen LogP) is 0.354. The van der Waals surface area contributed by atoms with Crippen LogP contribution in [0.15, 0.2) is 0 Å². The highest BCUT2D eigenvalue weighted by Gasteiger charge is 2.25. The second-order valence-electron chi connectivity index (χ2n) is 3.17. The van der Waals surface area contributed by atoms with Crippen molar-refractivity contribution < 1.29 is 4.55 Å². The van der Waals surface area contributed by atoms with Gasteiger partial charge in [0.25, 0.3) is 0 Å². The minimum atomic E-state index is -0.758. The monoisotopic (exact) mass is 190 g/mol. The maximum Gasteiger partial charge on any atom is 0.132 e. The Labute approximate surface area is 77.8 Å². The molecule has 4 heteroatoms. The van der Waals surface area contributed by atoms with Crippen molar-refractivity contribution in [3.63, 3.8) is 0 Å². The summed E-state index contributed by atoms with van der Waals surface area (Å²) in [6.07, 6.45) is 0.997. The van der Waals surface area contributed by atoms with Gasteiger partial charge in [-0.2, -0.15) is 0 Å². The Kier molecular flexibility index (Phi) is 4.35. The molecular formula is C8H18N2OS. The molecule has 1 saturated heterocycles. The van der Waals surface area contributed by atoms with Crippen LogP contribution in [-0.2, 0) is 11.4 Å². The van der Waals surface area contributed by atoms with E-state index in [2.05, 4.69) is 23.5 Å². The summed E-state index contributed by atoms with van der Waals surface area (Å²) in [6.45, 7) is 7.95. The van der Waals surface area contributed by atoms with E-state index in [1.54, 1.807) is 0 Å². The molecule has 1 N–H and O–H groups in total. The zero-order valence-corrected chi connectivity index (χ0v) is 8.69. The molecule has 1 unspecified atom stereocenters. The fourth-order valence-corrected chi connectivity index (χ4v) is 2.56. The summed E-state index contributed by atoms with van der Waals surface area (Å²) in [7, 11) is 0. The van der Waals surface area contributed by atoms with E-state index in [0.29, 0.717) is 5.25 Å². The second-order valence-corrected chi connectivity index (χ2v) is 5.05. The summed E-state index contributed by atoms with van der Waals surface area (Å²) in [5.74, 6) is 0. The minimum absolute atomic E-state index is 0.308. The quantitative estimate of drug-likeness (QED) is 0.653. The molecule has 0 aromatic rings. The van der Waals surface area contributed by atoms with Crippen LogP contribution < -0.4 is 5.32 Å². The lowest BCUT2D eigenvalue weighted by Gasteiger charge is -2.30. The Morgan fingerprint density at radius 2 is 2.08 bits per heavy atom. The molecule has 0 bridgehead atoms. The highest BCUT2D eigenvalue weighted by Crippen LogP contribution is 2.11. The summed E-state index contributed by atoms with van der Waals surface area (Å²) < 4.78 is 13.8. The van der Waals surface area contributed by atoms with Gasteiger partial charge in [0, 0.05) is 24.5 Å². The van der Waals surface area contributed by atoms with Crippen LogP contribution in [0.1, 0.15) is 20.3 Å². The van der Waals surface area contributed by atoms with E-state index in [-0.39, 0.29) is 0 Å². The number of piperazine rings is 1. The molecule has 3 nitrogen and oxygen atoms in total. The lowest BCUT2D eigenvalue weighted by Crippen LogP contribution is -2.48. The summed E-state index contributed by atoms with van der Waals surface area (Å²) in [4.78, 5) is 0. The molecule has 0 aromatic carbocycles. The molecule has 1 rings (SSSR count). The van der Waals surface area contributed by atoms with Gasteiger partial charge in [0.05, 0.1) is 13.1 Å². The molecule has 0 radical (unpaired) electrons. The Morgan fingerprint density at radius 3 is 2.58 bits per heavy atom. The molecule has 1 aliphatic heterocycles. The van der Waals surface area contributed by atoms with Crippen LogP contribution >= 0.6 is 0 Å². The van der Waals surface area contributed by atoms with Gasteiger partial charge in [-0.15, -0.1) is 4.31 Å². The average molecular weight is 190 g/mol. The van der Waals surface area contributed by atoms with Crippen LogP contribution in [-0.4, -0.2) is 40.3 Å². The third-order valence-corrected chi connectivity index (χ3v) is 4.15. The number of nitrogens with zero attached hydrogens (tertiary/aromatic N) is 1. The van der Waals surface area contributed by atoms with Crippen LogP contribution in [0, 0.1) is 0 Å². The van der Waals surface area contributed by atoms with Gasteiger partial charge >= 0.3 is 0 Å². The zero-order chi connectivity index (χ0) is 8.97. The molecule has 1 heterocycles. The Morgan fingerprint density at radius 1 is 1.50 bits per heavy atom. The zero-order valence-electron chi connectivity index (χ0n) is 7.88. The van der Waals surface area contributed by atoms with Crippen molar-refractivity contribution in [2.75, 3.05) is 26.2 Å². The fourth-order valence-electron chi connectivity index (χ4n) is 1.22. The SMILES string of the molecule is CCC(C)[S@@+]([O-])N1CCNCC1. The lowest BCUT2D eigenvalue weighted by molar-refractivity contribution is 0.355. The van der Waals surface area contributed by atoms with Crippen molar-refractivity contribution in [3.05, 3.63) is 0 Å². The molecule has 0 saturated carbocycles. The first-order valence-corrected chi connectivity index (χ1v) is 5.79. The second kappa shape index (κ2) is 5.07. The van der Waals surface area contributed by atoms with E-state index in [0.717, 1.165) is 32.6 Å². The van der Waals surface area contributed by atoms with Gasteiger partial charge in [-0.25, -0.2) is 0 Å². The van der Waals surface area contributed by atoms with Crippen molar-refractivity contribution in [1.82, 2.24) is 9.62 Å². The first-order chi connectivity index (χ1) is 5.75. The van der Waals surface area contributed by atoms with Gasteiger partial charge in [0.1, 0.15) is 5.25 Å². The summed E-state index contributed by atoms with van der Waals surface area (Å²) in [5.41, 5.74) is 0. The standard InChI is InChI=1S/C8H18N2OS/c1-3-8(2)12(11)10-6-4-9-5-7-10/h8-9H,3-7H2,1-2H3/t8?,12-/m1/s1. The maximum absolute atomic E-state index is 11.7. The van der Waals surface area contributed by atoms with Gasteiger partial charge in [0.15, 0.2) is 0 Å². The van der Waals surface area contributed by atoms with Crippen molar-refractivity contribution in [2.24, 2.45) is 0 Å². The Hall–Kier alpha value is 0.230. The molecule has 0 aromatic heterocycles. The molecule has 1 aliphatic rings. The minimum Gasteiger partial charge on any atom is -0.598 e. The lowest BCUT2D eigenvalue weighted by atomic mass is 10.4. The maximum atomic E-state index is 11.7. The van der Waals surface area contributed by atoms with Gasteiger partial charge in [-0.1, -0.05) is 6.92 Å². The van der Waals surface area contributed by atoms with Gasteiger partial charge in [-0.05, 0) is 13.3 Å². The molecule has 0 spiro atoms. The van der Waals surface area contributed by atoms with Crippen LogP contribution in [0.5, 0.6) is 0 Å². The van der Waals surface area contributed by atoms with Gasteiger partial charge in [0.2, 0.25) is 0 Å². The first-order valence-electron chi connectivity index (χ1n) is 4.62. The number of nitrogens with one attached hydrogen (secondary N) is 1. The predicted molar refractivity (Wildman–Crippen MR) is 52.3 cm³/mol. The van der Waals surface area contributed by atoms with Crippen LogP contribution in [0.4, 0.5) is 0 Å². The van der Waals surface area contributed by atoms with Crippen molar-refractivity contribution in [2.45, 2.75) is 25.5 Å². The van der Waals surface area contributed by atoms with Crippen LogP contribution in [0.2, 0.25) is 0 Å². The molecule has 12 heavy (non-hydrogen) atoms. The smallest absolute Gasteiger partial charge is 0.132 e. The largest absolute Gasteiger partial charge is 0.598 e. The summed E-state index contributed by atoms with van der Waals surface area (Å²) in [5, 5.41) is 3.56. The van der Waals surface area contributed by atoms with Crippen molar-refractivity contribution >= 4 is 11.4 Å². The molecule has 1 fully saturated rings. The molecular weight excluding hydrogens is 172 g/mol. The van der Waals surface area contributed by atoms with Gasteiger partial charge < -0.3 is 9.87 Å².